The van der Waals surface area contributed by atoms with Gasteiger partial charge in [0.1, 0.15) is 18.0 Å². The predicted molar refractivity (Wildman–Crippen MR) is 78.5 cm³/mol. The number of carbonyl (C=O) groups is 3. The summed E-state index contributed by atoms with van der Waals surface area (Å²) in [5, 5.41) is 11.5. The standard InChI is InChI=1S/C14H13ClN2O5/c1-2-22-11-4-3-9(15)5-8(11)6-10-13(20)17(7-12(18)19)14(21)16-10/h3-6H,2,7H2,1H3,(H,16,21)(H,18,19)/b10-6-. The molecule has 1 aromatic rings. The first-order chi connectivity index (χ1) is 10.4. The minimum Gasteiger partial charge on any atom is -0.493 e. The maximum absolute atomic E-state index is 12.0. The lowest BCUT2D eigenvalue weighted by molar-refractivity contribution is -0.140. The summed E-state index contributed by atoms with van der Waals surface area (Å²) in [7, 11) is 0. The number of carboxylic acid groups (broad SMARTS) is 1. The SMILES string of the molecule is CCOc1ccc(Cl)cc1/C=C1\NC(=O)N(CC(=O)O)C1=O. The molecule has 0 bridgehead atoms. The number of hydrogen-bond donors (Lipinski definition) is 2. The lowest BCUT2D eigenvalue weighted by Gasteiger charge is -2.08. The molecule has 0 unspecified atom stereocenters. The average molecular weight is 325 g/mol. The number of rotatable bonds is 5. The molecule has 1 aromatic carbocycles. The van der Waals surface area contributed by atoms with E-state index in [0.29, 0.717) is 27.8 Å². The summed E-state index contributed by atoms with van der Waals surface area (Å²) in [5.74, 6) is -1.49. The second-order valence-electron chi connectivity index (χ2n) is 4.39. The normalized spacial score (nSPS) is 16.1. The van der Waals surface area contributed by atoms with E-state index in [0.717, 1.165) is 0 Å². The molecule has 3 amide bonds. The Labute approximate surface area is 131 Å². The van der Waals surface area contributed by atoms with Crippen LogP contribution >= 0.6 is 11.6 Å². The van der Waals surface area contributed by atoms with E-state index in [2.05, 4.69) is 5.32 Å². The van der Waals surface area contributed by atoms with Gasteiger partial charge in [-0.1, -0.05) is 11.6 Å². The van der Waals surface area contributed by atoms with Gasteiger partial charge in [0.15, 0.2) is 0 Å². The molecule has 2 N–H and O–H groups in total. The number of benzene rings is 1. The average Bonchev–Trinajstić information content (AvgIpc) is 2.69. The topological polar surface area (TPSA) is 95.9 Å². The van der Waals surface area contributed by atoms with Crippen molar-refractivity contribution in [3.05, 3.63) is 34.5 Å². The number of carboxylic acids is 1. The summed E-state index contributed by atoms with van der Waals surface area (Å²) in [6, 6.07) is 4.09. The summed E-state index contributed by atoms with van der Waals surface area (Å²) in [4.78, 5) is 35.0. The molecule has 0 radical (unpaired) electrons. The molecule has 1 saturated heterocycles. The number of aliphatic carboxylic acids is 1. The number of carbonyl (C=O) groups excluding carboxylic acids is 2. The number of nitrogens with one attached hydrogen (secondary N) is 1. The van der Waals surface area contributed by atoms with Crippen LogP contribution < -0.4 is 10.1 Å². The zero-order chi connectivity index (χ0) is 16.3. The highest BCUT2D eigenvalue weighted by molar-refractivity contribution is 6.30. The van der Waals surface area contributed by atoms with Gasteiger partial charge in [0.2, 0.25) is 0 Å². The highest BCUT2D eigenvalue weighted by Crippen LogP contribution is 2.26. The van der Waals surface area contributed by atoms with Crippen molar-refractivity contribution < 1.29 is 24.2 Å². The summed E-state index contributed by atoms with van der Waals surface area (Å²) >= 11 is 5.92. The number of nitrogens with zero attached hydrogens (tertiary/aromatic N) is 1. The van der Waals surface area contributed by atoms with Crippen LogP contribution in [0.2, 0.25) is 5.02 Å². The molecule has 1 aliphatic rings. The third kappa shape index (κ3) is 3.37. The molecule has 22 heavy (non-hydrogen) atoms. The van der Waals surface area contributed by atoms with Gasteiger partial charge < -0.3 is 15.2 Å². The Morgan fingerprint density at radius 1 is 1.45 bits per heavy atom. The van der Waals surface area contributed by atoms with Crippen LogP contribution in [0.4, 0.5) is 4.79 Å². The zero-order valence-corrected chi connectivity index (χ0v) is 12.4. The molecule has 1 heterocycles. The van der Waals surface area contributed by atoms with E-state index in [1.807, 2.05) is 6.92 Å². The molecule has 1 aliphatic heterocycles. The number of urea groups is 1. The van der Waals surface area contributed by atoms with E-state index >= 15 is 0 Å². The molecule has 0 aliphatic carbocycles. The smallest absolute Gasteiger partial charge is 0.329 e. The highest BCUT2D eigenvalue weighted by atomic mass is 35.5. The maximum atomic E-state index is 12.0. The van der Waals surface area contributed by atoms with Gasteiger partial charge in [0, 0.05) is 10.6 Å². The Hall–Kier alpha value is -2.54. The first-order valence-electron chi connectivity index (χ1n) is 6.41. The number of halogens is 1. The van der Waals surface area contributed by atoms with E-state index in [1.54, 1.807) is 18.2 Å². The van der Waals surface area contributed by atoms with Crippen LogP contribution in [-0.2, 0) is 9.59 Å². The number of ether oxygens (including phenoxy) is 1. The quantitative estimate of drug-likeness (QED) is 0.635. The lowest BCUT2D eigenvalue weighted by atomic mass is 10.1. The molecular weight excluding hydrogens is 312 g/mol. The van der Waals surface area contributed by atoms with Crippen molar-refractivity contribution in [2.75, 3.05) is 13.2 Å². The molecule has 0 spiro atoms. The highest BCUT2D eigenvalue weighted by Gasteiger charge is 2.35. The van der Waals surface area contributed by atoms with Crippen LogP contribution in [0.1, 0.15) is 12.5 Å². The van der Waals surface area contributed by atoms with Crippen LogP contribution in [-0.4, -0.2) is 41.1 Å². The Balaban J connectivity index is 2.34. The largest absolute Gasteiger partial charge is 0.493 e. The Morgan fingerprint density at radius 3 is 2.82 bits per heavy atom. The molecule has 0 aromatic heterocycles. The van der Waals surface area contributed by atoms with E-state index < -0.39 is 24.5 Å². The second kappa shape index (κ2) is 6.48. The fraction of sp³-hybridized carbons (Fsp3) is 0.214. The van der Waals surface area contributed by atoms with E-state index in [-0.39, 0.29) is 5.70 Å². The third-order valence-corrected chi connectivity index (χ3v) is 3.06. The summed E-state index contributed by atoms with van der Waals surface area (Å²) in [6.45, 7) is 1.53. The van der Waals surface area contributed by atoms with Crippen LogP contribution in [0.25, 0.3) is 6.08 Å². The number of hydrogen-bond acceptors (Lipinski definition) is 4. The third-order valence-electron chi connectivity index (χ3n) is 2.83. The summed E-state index contributed by atoms with van der Waals surface area (Å²) < 4.78 is 5.42. The summed E-state index contributed by atoms with van der Waals surface area (Å²) in [5.41, 5.74) is 0.477. The molecule has 0 atom stereocenters. The first kappa shape index (κ1) is 15.8. The van der Waals surface area contributed by atoms with E-state index in [1.165, 1.54) is 6.08 Å². The Morgan fingerprint density at radius 2 is 2.18 bits per heavy atom. The Bertz CT molecular complexity index is 671. The van der Waals surface area contributed by atoms with Crippen LogP contribution in [0.5, 0.6) is 5.75 Å². The van der Waals surface area contributed by atoms with Crippen molar-refractivity contribution in [3.63, 3.8) is 0 Å². The minimum atomic E-state index is -1.28. The molecule has 1 fully saturated rings. The fourth-order valence-electron chi connectivity index (χ4n) is 1.93. The molecule has 116 valence electrons. The lowest BCUT2D eigenvalue weighted by Crippen LogP contribution is -2.35. The van der Waals surface area contributed by atoms with E-state index in [4.69, 9.17) is 21.4 Å². The molecule has 0 saturated carbocycles. The Kier molecular flexibility index (Phi) is 4.67. The van der Waals surface area contributed by atoms with Gasteiger partial charge in [-0.25, -0.2) is 9.69 Å². The molecule has 2 rings (SSSR count). The second-order valence-corrected chi connectivity index (χ2v) is 4.82. The van der Waals surface area contributed by atoms with Gasteiger partial charge in [0.05, 0.1) is 6.61 Å². The molecular formula is C14H13ClN2O5. The van der Waals surface area contributed by atoms with Crippen LogP contribution in [0, 0.1) is 0 Å². The van der Waals surface area contributed by atoms with Crippen molar-refractivity contribution in [1.82, 2.24) is 10.2 Å². The van der Waals surface area contributed by atoms with Gasteiger partial charge in [-0.15, -0.1) is 0 Å². The number of imide groups is 1. The van der Waals surface area contributed by atoms with Crippen molar-refractivity contribution >= 4 is 35.6 Å². The fourth-order valence-corrected chi connectivity index (χ4v) is 2.11. The van der Waals surface area contributed by atoms with Gasteiger partial charge in [-0.05, 0) is 31.2 Å². The monoisotopic (exact) mass is 324 g/mol. The van der Waals surface area contributed by atoms with Crippen molar-refractivity contribution in [2.45, 2.75) is 6.92 Å². The van der Waals surface area contributed by atoms with E-state index in [9.17, 15) is 14.4 Å². The predicted octanol–water partition coefficient (Wildman–Crippen LogP) is 1.72. The number of amides is 3. The van der Waals surface area contributed by atoms with Crippen molar-refractivity contribution in [2.24, 2.45) is 0 Å². The van der Waals surface area contributed by atoms with Crippen molar-refractivity contribution in [1.29, 1.82) is 0 Å². The van der Waals surface area contributed by atoms with Gasteiger partial charge in [-0.3, -0.25) is 9.59 Å². The van der Waals surface area contributed by atoms with Crippen LogP contribution in [0.15, 0.2) is 23.9 Å². The van der Waals surface area contributed by atoms with Gasteiger partial charge >= 0.3 is 12.0 Å². The van der Waals surface area contributed by atoms with Crippen molar-refractivity contribution in [3.8, 4) is 5.75 Å². The van der Waals surface area contributed by atoms with Gasteiger partial charge in [0.25, 0.3) is 5.91 Å². The first-order valence-corrected chi connectivity index (χ1v) is 6.79. The zero-order valence-electron chi connectivity index (χ0n) is 11.6. The maximum Gasteiger partial charge on any atom is 0.329 e. The molecule has 8 heteroatoms. The summed E-state index contributed by atoms with van der Waals surface area (Å²) in [6.07, 6.45) is 1.40. The molecule has 7 nitrogen and oxygen atoms in total. The van der Waals surface area contributed by atoms with Gasteiger partial charge in [-0.2, -0.15) is 0 Å². The van der Waals surface area contributed by atoms with Crippen LogP contribution in [0.3, 0.4) is 0 Å². The minimum absolute atomic E-state index is 0.0329.